The van der Waals surface area contributed by atoms with Crippen molar-refractivity contribution in [1.29, 1.82) is 0 Å². The van der Waals surface area contributed by atoms with Crippen LogP contribution in [0.25, 0.3) is 11.5 Å². The van der Waals surface area contributed by atoms with Crippen LogP contribution < -0.4 is 15.9 Å². The first-order chi connectivity index (χ1) is 18.9. The second-order valence-electron chi connectivity index (χ2n) is 9.52. The zero-order valence-corrected chi connectivity index (χ0v) is 23.0. The Balaban J connectivity index is 1.76. The summed E-state index contributed by atoms with van der Waals surface area (Å²) in [4.78, 5) is 47.1. The summed E-state index contributed by atoms with van der Waals surface area (Å²) in [5.41, 5.74) is -0.846. The van der Waals surface area contributed by atoms with Gasteiger partial charge < -0.3 is 9.47 Å². The first kappa shape index (κ1) is 28.6. The molecule has 208 valence electrons. The van der Waals surface area contributed by atoms with Crippen molar-refractivity contribution >= 4 is 17.6 Å². The number of halogens is 3. The molecule has 4 aromatic heterocycles. The van der Waals surface area contributed by atoms with Crippen molar-refractivity contribution in [3.8, 4) is 17.3 Å². The predicted molar refractivity (Wildman–Crippen MR) is 143 cm³/mol. The number of esters is 1. The molecule has 4 aromatic rings. The van der Waals surface area contributed by atoms with Crippen LogP contribution in [-0.4, -0.2) is 32.2 Å². The molecule has 0 aliphatic carbocycles. The summed E-state index contributed by atoms with van der Waals surface area (Å²) in [6, 6.07) is 6.88. The number of carbonyl (C=O) groups is 1. The van der Waals surface area contributed by atoms with Crippen molar-refractivity contribution in [3.05, 3.63) is 109 Å². The first-order valence-electron chi connectivity index (χ1n) is 12.0. The highest BCUT2D eigenvalue weighted by molar-refractivity contribution is 6.31. The number of rotatable bonds is 7. The molecule has 0 N–H and O–H groups in total. The fourth-order valence-corrected chi connectivity index (χ4v) is 4.37. The van der Waals surface area contributed by atoms with Gasteiger partial charge in [0, 0.05) is 41.9 Å². The Bertz CT molecular complexity index is 1750. The highest BCUT2D eigenvalue weighted by atomic mass is 35.5. The van der Waals surface area contributed by atoms with Gasteiger partial charge in [-0.25, -0.2) is 13.8 Å². The van der Waals surface area contributed by atoms with Crippen molar-refractivity contribution in [2.45, 2.75) is 39.7 Å². The number of hydrogen-bond donors (Lipinski definition) is 0. The number of ether oxygens (including phenoxy) is 2. The smallest absolute Gasteiger partial charge is 0.315 e. The van der Waals surface area contributed by atoms with Gasteiger partial charge in [0.25, 0.3) is 11.1 Å². The van der Waals surface area contributed by atoms with Crippen molar-refractivity contribution < 1.29 is 23.0 Å². The molecule has 0 saturated carbocycles. The van der Waals surface area contributed by atoms with Gasteiger partial charge in [-0.1, -0.05) is 17.7 Å². The van der Waals surface area contributed by atoms with Gasteiger partial charge in [-0.15, -0.1) is 0 Å². The number of methoxy groups -OCH3 is 1. The SMILES string of the molecule is COC(=O)C(C)(C)c1cccn(-c2cc(-n3c(C)cc(OCc4ncc(F)cc4F)c(Cl)c3=O)c(C)cn2)c1=O. The van der Waals surface area contributed by atoms with E-state index in [1.807, 2.05) is 0 Å². The van der Waals surface area contributed by atoms with Crippen LogP contribution in [0.3, 0.4) is 0 Å². The zero-order chi connectivity index (χ0) is 29.4. The van der Waals surface area contributed by atoms with E-state index in [9.17, 15) is 23.2 Å². The third-order valence-electron chi connectivity index (χ3n) is 6.41. The number of aryl methyl sites for hydroxylation is 2. The largest absolute Gasteiger partial charge is 0.485 e. The predicted octanol–water partition coefficient (Wildman–Crippen LogP) is 4.36. The minimum atomic E-state index is -1.22. The Kier molecular flexibility index (Phi) is 7.88. The lowest BCUT2D eigenvalue weighted by molar-refractivity contribution is -0.146. The lowest BCUT2D eigenvalue weighted by Crippen LogP contribution is -2.38. The molecule has 4 rings (SSSR count). The number of pyridine rings is 4. The number of hydrogen-bond acceptors (Lipinski definition) is 7. The van der Waals surface area contributed by atoms with E-state index in [2.05, 4.69) is 9.97 Å². The topological polar surface area (TPSA) is 105 Å². The van der Waals surface area contributed by atoms with E-state index in [0.29, 0.717) is 23.0 Å². The molecule has 9 nitrogen and oxygen atoms in total. The fraction of sp³-hybridized carbons (Fsp3) is 0.250. The average molecular weight is 571 g/mol. The Morgan fingerprint density at radius 3 is 2.48 bits per heavy atom. The molecule has 12 heteroatoms. The Hall–Kier alpha value is -4.38. The quantitative estimate of drug-likeness (QED) is 0.304. The Labute approximate surface area is 232 Å². The minimum absolute atomic E-state index is 0.00756. The van der Waals surface area contributed by atoms with Crippen LogP contribution in [0, 0.1) is 25.5 Å². The first-order valence-corrected chi connectivity index (χ1v) is 12.4. The molecule has 0 aliphatic rings. The Morgan fingerprint density at radius 1 is 1.07 bits per heavy atom. The van der Waals surface area contributed by atoms with Gasteiger partial charge in [-0.2, -0.15) is 0 Å². The molecule has 0 saturated heterocycles. The summed E-state index contributed by atoms with van der Waals surface area (Å²) in [6.07, 6.45) is 3.86. The molecule has 0 bridgehead atoms. The molecule has 0 amide bonds. The molecule has 0 unspecified atom stereocenters. The average Bonchev–Trinajstić information content (AvgIpc) is 2.91. The maximum atomic E-state index is 14.0. The monoisotopic (exact) mass is 570 g/mol. The van der Waals surface area contributed by atoms with Gasteiger partial charge in [0.15, 0.2) is 5.82 Å². The van der Waals surface area contributed by atoms with E-state index in [1.165, 1.54) is 34.7 Å². The van der Waals surface area contributed by atoms with Gasteiger partial charge in [-0.3, -0.25) is 28.5 Å². The number of nitrogens with zero attached hydrogens (tertiary/aromatic N) is 4. The van der Waals surface area contributed by atoms with Gasteiger partial charge in [0.1, 0.15) is 34.7 Å². The van der Waals surface area contributed by atoms with Gasteiger partial charge in [-0.05, 0) is 39.3 Å². The van der Waals surface area contributed by atoms with E-state index in [1.54, 1.807) is 45.9 Å². The summed E-state index contributed by atoms with van der Waals surface area (Å²) in [5, 5.41) is -0.273. The fourth-order valence-electron chi connectivity index (χ4n) is 4.17. The highest BCUT2D eigenvalue weighted by Gasteiger charge is 2.34. The van der Waals surface area contributed by atoms with Crippen molar-refractivity contribution in [2.24, 2.45) is 0 Å². The lowest BCUT2D eigenvalue weighted by atomic mass is 9.85. The maximum absolute atomic E-state index is 14.0. The molecule has 0 radical (unpaired) electrons. The molecule has 0 spiro atoms. The number of carbonyl (C=O) groups excluding carboxylic acids is 1. The van der Waals surface area contributed by atoms with Crippen LogP contribution in [0.4, 0.5) is 8.78 Å². The van der Waals surface area contributed by atoms with Crippen LogP contribution in [0.15, 0.2) is 58.5 Å². The van der Waals surface area contributed by atoms with E-state index in [4.69, 9.17) is 21.1 Å². The zero-order valence-electron chi connectivity index (χ0n) is 22.3. The van der Waals surface area contributed by atoms with Crippen molar-refractivity contribution in [1.82, 2.24) is 19.1 Å². The lowest BCUT2D eigenvalue weighted by Gasteiger charge is -2.22. The number of aromatic nitrogens is 4. The molecular formula is C28H25ClF2N4O5. The highest BCUT2D eigenvalue weighted by Crippen LogP contribution is 2.27. The van der Waals surface area contributed by atoms with Gasteiger partial charge >= 0.3 is 5.97 Å². The summed E-state index contributed by atoms with van der Waals surface area (Å²) >= 11 is 6.35. The Morgan fingerprint density at radius 2 is 1.80 bits per heavy atom. The third-order valence-corrected chi connectivity index (χ3v) is 6.76. The van der Waals surface area contributed by atoms with E-state index in [0.717, 1.165) is 6.20 Å². The van der Waals surface area contributed by atoms with Crippen molar-refractivity contribution in [3.63, 3.8) is 0 Å². The molecule has 0 atom stereocenters. The second kappa shape index (κ2) is 11.0. The summed E-state index contributed by atoms with van der Waals surface area (Å²) in [5.74, 6) is -2.10. The molecule has 0 aromatic carbocycles. The van der Waals surface area contributed by atoms with Gasteiger partial charge in [0.2, 0.25) is 0 Å². The second-order valence-corrected chi connectivity index (χ2v) is 9.90. The van der Waals surface area contributed by atoms with Crippen LogP contribution >= 0.6 is 11.6 Å². The van der Waals surface area contributed by atoms with Gasteiger partial charge in [0.05, 0.1) is 24.4 Å². The normalized spacial score (nSPS) is 11.4. The molecule has 4 heterocycles. The van der Waals surface area contributed by atoms with Crippen LogP contribution in [0.5, 0.6) is 5.75 Å². The third kappa shape index (κ3) is 5.24. The van der Waals surface area contributed by atoms with Crippen molar-refractivity contribution in [2.75, 3.05) is 7.11 Å². The molecule has 40 heavy (non-hydrogen) atoms. The summed E-state index contributed by atoms with van der Waals surface area (Å²) < 4.78 is 40.1. The minimum Gasteiger partial charge on any atom is -0.485 e. The molecule has 0 aliphatic heterocycles. The van der Waals surface area contributed by atoms with Crippen LogP contribution in [-0.2, 0) is 21.6 Å². The molecule has 0 fully saturated rings. The van der Waals surface area contributed by atoms with E-state index in [-0.39, 0.29) is 34.5 Å². The molecular weight excluding hydrogens is 546 g/mol. The maximum Gasteiger partial charge on any atom is 0.315 e. The van der Waals surface area contributed by atoms with Crippen LogP contribution in [0.2, 0.25) is 5.02 Å². The van der Waals surface area contributed by atoms with E-state index < -0.39 is 34.1 Å². The summed E-state index contributed by atoms with van der Waals surface area (Å²) in [6.45, 7) is 6.17. The summed E-state index contributed by atoms with van der Waals surface area (Å²) in [7, 11) is 1.25. The standard InChI is InChI=1S/C28H25ClF2N4O5/c1-15-12-33-23(34-8-6-7-18(25(34)36)28(3,4)27(38)39-5)11-21(15)35-16(2)9-22(24(29)26(35)37)40-14-20-19(31)10-17(30)13-32-20/h6-13H,14H2,1-5H3. The van der Waals surface area contributed by atoms with Crippen LogP contribution in [0.1, 0.15) is 36.4 Å². The van der Waals surface area contributed by atoms with E-state index >= 15 is 0 Å².